The van der Waals surface area contributed by atoms with Gasteiger partial charge in [0.15, 0.2) is 0 Å². The summed E-state index contributed by atoms with van der Waals surface area (Å²) in [7, 11) is 0. The van der Waals surface area contributed by atoms with Crippen LogP contribution in [-0.2, 0) is 12.6 Å². The second-order valence-corrected chi connectivity index (χ2v) is 0.274. The molecule has 0 heterocycles. The Labute approximate surface area is 30.4 Å². The summed E-state index contributed by atoms with van der Waals surface area (Å²) in [5, 5.41) is 8.47. The third-order valence-electron chi connectivity index (χ3n) is 0. The topological polar surface area (TPSA) is 60.3 Å². The SMILES string of the molecule is [15NH4+].[15N]#C[S-]. The summed E-state index contributed by atoms with van der Waals surface area (Å²) in [5.74, 6) is 0. The number of rotatable bonds is 0. The summed E-state index contributed by atoms with van der Waals surface area (Å²) in [5.41, 5.74) is 0. The predicted octanol–water partition coefficient (Wildman–Crippen LogP) is 0.391. The number of nitriles is 1. The van der Waals surface area contributed by atoms with Crippen molar-refractivity contribution in [3.63, 3.8) is 0 Å². The summed E-state index contributed by atoms with van der Waals surface area (Å²) in [6.07, 6.45) is 0. The van der Waals surface area contributed by atoms with Crippen molar-refractivity contribution in [2.75, 3.05) is 0 Å². The number of thiocyanates is 1. The van der Waals surface area contributed by atoms with Crippen molar-refractivity contribution in [3.05, 3.63) is 0 Å². The van der Waals surface area contributed by atoms with Crippen LogP contribution in [0.25, 0.3) is 0 Å². The summed E-state index contributed by atoms with van der Waals surface area (Å²) in [6, 6.07) is 0. The van der Waals surface area contributed by atoms with Gasteiger partial charge in [-0.1, -0.05) is 5.40 Å². The minimum absolute atomic E-state index is 0. The zero-order valence-corrected chi connectivity index (χ0v) is 3.17. The molecule has 0 spiro atoms. The third-order valence-corrected chi connectivity index (χ3v) is 0. The monoisotopic (exact) mass is 78.0 g/mol. The molecule has 4 heavy (non-hydrogen) atoms. The summed E-state index contributed by atoms with van der Waals surface area (Å²) in [4.78, 5) is 0. The standard InChI is InChI=1S/CHNS.H3N/c2-1-3;/h3H;1H3/i2+1;1+1. The molecule has 4 N–H and O–H groups in total. The average molecular weight is 78.1 g/mol. The Hall–Kier alpha value is -0.330. The van der Waals surface area contributed by atoms with Crippen molar-refractivity contribution >= 4 is 12.6 Å². The van der Waals surface area contributed by atoms with Crippen LogP contribution in [0.3, 0.4) is 0 Å². The molecule has 0 aliphatic carbocycles. The maximum absolute atomic E-state index is 7.13. The fourth-order valence-corrected chi connectivity index (χ4v) is 0. The first-order chi connectivity index (χ1) is 1.41. The van der Waals surface area contributed by atoms with Crippen molar-refractivity contribution in [2.24, 2.45) is 0 Å². The van der Waals surface area contributed by atoms with Crippen LogP contribution in [0.4, 0.5) is 0 Å². The van der Waals surface area contributed by atoms with Crippen molar-refractivity contribution in [2.45, 2.75) is 0 Å². The Morgan fingerprint density at radius 2 is 1.75 bits per heavy atom. The lowest BCUT2D eigenvalue weighted by Gasteiger charge is -1.53. The Morgan fingerprint density at radius 1 is 1.75 bits per heavy atom. The maximum Gasteiger partial charge on any atom is -0.0797 e. The van der Waals surface area contributed by atoms with Gasteiger partial charge >= 0.3 is 0 Å². The molecular weight excluding hydrogens is 74.1 g/mol. The molecule has 0 unspecified atom stereocenters. The average Bonchev–Trinajstić information content (AvgIpc) is 0.918. The molecule has 0 aromatic heterocycles. The van der Waals surface area contributed by atoms with Crippen LogP contribution in [0.5, 0.6) is 0 Å². The maximum atomic E-state index is 7.13. The Balaban J connectivity index is 0. The van der Waals surface area contributed by atoms with E-state index in [1.807, 2.05) is 0 Å². The summed E-state index contributed by atoms with van der Waals surface area (Å²) < 4.78 is 0. The molecule has 0 aliphatic rings. The molecule has 0 aliphatic heterocycles. The highest BCUT2D eigenvalue weighted by molar-refractivity contribution is 7.64. The minimum atomic E-state index is 0. The van der Waals surface area contributed by atoms with Crippen LogP contribution in [0.2, 0.25) is 0 Å². The molecule has 0 fully saturated rings. The summed E-state index contributed by atoms with van der Waals surface area (Å²) in [6.45, 7) is 0. The number of hydrogen-bond acceptors (Lipinski definition) is 2. The molecule has 0 saturated heterocycles. The summed E-state index contributed by atoms with van der Waals surface area (Å²) >= 11 is 3.70. The lowest BCUT2D eigenvalue weighted by molar-refractivity contribution is 1.57. The molecule has 0 atom stereocenters. The van der Waals surface area contributed by atoms with E-state index in [0.717, 1.165) is 0 Å². The molecule has 3 heteroatoms. The Morgan fingerprint density at radius 3 is 1.75 bits per heavy atom. The zero-order valence-electron chi connectivity index (χ0n) is 2.36. The van der Waals surface area contributed by atoms with Crippen molar-refractivity contribution in [1.82, 2.24) is 6.15 Å². The van der Waals surface area contributed by atoms with E-state index >= 15 is 0 Å². The van der Waals surface area contributed by atoms with Crippen LogP contribution in [0.1, 0.15) is 0 Å². The van der Waals surface area contributed by atoms with E-state index in [0.29, 0.717) is 0 Å². The molecule has 0 rings (SSSR count). The van der Waals surface area contributed by atoms with E-state index in [4.69, 9.17) is 5.26 Å². The first-order valence-electron chi connectivity index (χ1n) is 0.428. The minimum Gasteiger partial charge on any atom is -0.696 e. The quantitative estimate of drug-likeness (QED) is 0.259. The smallest absolute Gasteiger partial charge is 0.0797 e. The van der Waals surface area contributed by atoms with Gasteiger partial charge in [-0.05, 0) is 0 Å². The highest BCUT2D eigenvalue weighted by Crippen LogP contribution is 1.16. The van der Waals surface area contributed by atoms with E-state index in [-0.39, 0.29) is 6.15 Å². The van der Waals surface area contributed by atoms with Crippen LogP contribution in [-0.4, -0.2) is 0 Å². The van der Waals surface area contributed by atoms with Gasteiger partial charge in [-0.25, -0.2) is 5.26 Å². The largest absolute Gasteiger partial charge is 0.696 e. The van der Waals surface area contributed by atoms with Crippen LogP contribution in [0, 0.1) is 10.7 Å². The van der Waals surface area contributed by atoms with Crippen LogP contribution < -0.4 is 6.15 Å². The van der Waals surface area contributed by atoms with Gasteiger partial charge in [-0.3, -0.25) is 0 Å². The van der Waals surface area contributed by atoms with Gasteiger partial charge < -0.3 is 18.8 Å². The fraction of sp³-hybridized carbons (Fsp3) is 0. The van der Waals surface area contributed by atoms with E-state index in [9.17, 15) is 0 Å². The fourth-order valence-electron chi connectivity index (χ4n) is 0. The lowest BCUT2D eigenvalue weighted by Crippen LogP contribution is -1.15. The highest BCUT2D eigenvalue weighted by Gasteiger charge is 0.867. The molecule has 0 saturated carbocycles. The zero-order chi connectivity index (χ0) is 2.71. The van der Waals surface area contributed by atoms with Gasteiger partial charge in [0, 0.05) is 0 Å². The highest BCUT2D eigenvalue weighted by atomic mass is 32.1. The predicted molar refractivity (Wildman–Crippen MR) is 19.0 cm³/mol. The first-order valence-corrected chi connectivity index (χ1v) is 0.836. The van der Waals surface area contributed by atoms with Gasteiger partial charge in [0.1, 0.15) is 0 Å². The molecule has 0 aromatic rings. The van der Waals surface area contributed by atoms with Gasteiger partial charge in [0.25, 0.3) is 0 Å². The molecule has 0 aromatic carbocycles. The molecular formula is CH4N2S. The van der Waals surface area contributed by atoms with Crippen molar-refractivity contribution < 1.29 is 0 Å². The lowest BCUT2D eigenvalue weighted by atomic mass is 11.9. The van der Waals surface area contributed by atoms with Crippen LogP contribution in [0.15, 0.2) is 0 Å². The van der Waals surface area contributed by atoms with E-state index in [1.165, 1.54) is 5.40 Å². The number of hydrogen-bond donors (Lipinski definition) is 1. The molecule has 0 radical (unpaired) electrons. The Kier molecular flexibility index (Phi) is 38.9. The number of quaternary nitrogens is 1. The second-order valence-electron chi connectivity index (χ2n) is 0.0913. The molecule has 2 nitrogen and oxygen atoms in total. The van der Waals surface area contributed by atoms with E-state index in [2.05, 4.69) is 12.6 Å². The first kappa shape index (κ1) is 9.38. The third kappa shape index (κ3) is 6.88. The molecule has 24 valence electrons. The van der Waals surface area contributed by atoms with E-state index in [1.54, 1.807) is 0 Å². The number of nitrogens with zero attached hydrogens (tertiary/aromatic N) is 1. The van der Waals surface area contributed by atoms with Crippen LogP contribution >= 0.6 is 0 Å². The van der Waals surface area contributed by atoms with Gasteiger partial charge in [0.05, 0.1) is 0 Å². The van der Waals surface area contributed by atoms with E-state index < -0.39 is 0 Å². The second kappa shape index (κ2) is 16.6. The normalized spacial score (nSPS) is 1.75. The molecule has 0 bridgehead atoms. The Bertz CT molecular complexity index is 27.5. The van der Waals surface area contributed by atoms with Gasteiger partial charge in [-0.15, -0.1) is 0 Å². The van der Waals surface area contributed by atoms with Crippen molar-refractivity contribution in [3.8, 4) is 5.40 Å². The molecule has 0 amide bonds. The van der Waals surface area contributed by atoms with Gasteiger partial charge in [-0.2, -0.15) is 0 Å². The van der Waals surface area contributed by atoms with Crippen molar-refractivity contribution in [1.29, 1.82) is 5.26 Å². The van der Waals surface area contributed by atoms with Gasteiger partial charge in [0.2, 0.25) is 0 Å².